The molecule has 5 heteroatoms. The number of hydrogen-bond donors (Lipinski definition) is 2. The normalized spacial score (nSPS) is 22.0. The van der Waals surface area contributed by atoms with Crippen LogP contribution in [0.4, 0.5) is 0 Å². The summed E-state index contributed by atoms with van der Waals surface area (Å²) in [5.41, 5.74) is 2.10. The molecule has 0 saturated carbocycles. The van der Waals surface area contributed by atoms with Crippen molar-refractivity contribution < 1.29 is 9.59 Å². The highest BCUT2D eigenvalue weighted by Crippen LogP contribution is 2.22. The summed E-state index contributed by atoms with van der Waals surface area (Å²) in [6.07, 6.45) is 3.12. The highest BCUT2D eigenvalue weighted by Gasteiger charge is 2.38. The van der Waals surface area contributed by atoms with Crippen LogP contribution in [0.1, 0.15) is 25.8 Å². The van der Waals surface area contributed by atoms with Gasteiger partial charge in [-0.25, -0.2) is 0 Å². The van der Waals surface area contributed by atoms with E-state index in [2.05, 4.69) is 24.1 Å². The van der Waals surface area contributed by atoms with Gasteiger partial charge in [-0.2, -0.15) is 0 Å². The molecule has 1 aliphatic heterocycles. The summed E-state index contributed by atoms with van der Waals surface area (Å²) in [7, 11) is 1.73. The van der Waals surface area contributed by atoms with Gasteiger partial charge in [0.1, 0.15) is 12.1 Å². The highest BCUT2D eigenvalue weighted by molar-refractivity contribution is 5.97. The Morgan fingerprint density at radius 2 is 1.96 bits per heavy atom. The van der Waals surface area contributed by atoms with Crippen molar-refractivity contribution in [3.8, 4) is 0 Å². The van der Waals surface area contributed by atoms with Crippen LogP contribution in [-0.4, -0.2) is 40.8 Å². The van der Waals surface area contributed by atoms with Gasteiger partial charge in [-0.1, -0.05) is 32.0 Å². The average Bonchev–Trinajstić information content (AvgIpc) is 2.92. The molecule has 3 rings (SSSR count). The van der Waals surface area contributed by atoms with Crippen LogP contribution in [0, 0.1) is 5.92 Å². The maximum atomic E-state index is 12.6. The van der Waals surface area contributed by atoms with Crippen molar-refractivity contribution in [3.63, 3.8) is 0 Å². The molecular formula is C18H23N3O2. The van der Waals surface area contributed by atoms with Crippen LogP contribution < -0.4 is 5.32 Å². The van der Waals surface area contributed by atoms with Gasteiger partial charge in [-0.05, 0) is 24.0 Å². The van der Waals surface area contributed by atoms with Gasteiger partial charge in [0.05, 0.1) is 0 Å². The van der Waals surface area contributed by atoms with Crippen LogP contribution in [0.5, 0.6) is 0 Å². The van der Waals surface area contributed by atoms with E-state index in [1.54, 1.807) is 11.9 Å². The number of benzene rings is 1. The van der Waals surface area contributed by atoms with E-state index in [4.69, 9.17) is 0 Å². The number of aromatic nitrogens is 1. The first-order valence-electron chi connectivity index (χ1n) is 8.09. The quantitative estimate of drug-likeness (QED) is 0.907. The molecule has 2 aromatic rings. The third-order valence-corrected chi connectivity index (χ3v) is 4.53. The summed E-state index contributed by atoms with van der Waals surface area (Å²) >= 11 is 0. The van der Waals surface area contributed by atoms with Crippen molar-refractivity contribution >= 4 is 22.7 Å². The number of piperazine rings is 1. The van der Waals surface area contributed by atoms with Crippen molar-refractivity contribution in [1.29, 1.82) is 0 Å². The first kappa shape index (κ1) is 15.6. The monoisotopic (exact) mass is 313 g/mol. The van der Waals surface area contributed by atoms with Crippen LogP contribution in [0.3, 0.4) is 0 Å². The summed E-state index contributed by atoms with van der Waals surface area (Å²) in [6, 6.07) is 7.13. The minimum atomic E-state index is -0.491. The lowest BCUT2D eigenvalue weighted by molar-refractivity contribution is -0.148. The smallest absolute Gasteiger partial charge is 0.245 e. The molecular weight excluding hydrogens is 290 g/mol. The van der Waals surface area contributed by atoms with Gasteiger partial charge in [-0.3, -0.25) is 9.59 Å². The number of H-pyrrole nitrogens is 1. The van der Waals surface area contributed by atoms with E-state index < -0.39 is 6.04 Å². The molecule has 1 aromatic heterocycles. The Morgan fingerprint density at radius 3 is 2.70 bits per heavy atom. The lowest BCUT2D eigenvalue weighted by atomic mass is 9.96. The molecule has 0 bridgehead atoms. The van der Waals surface area contributed by atoms with E-state index >= 15 is 0 Å². The Kier molecular flexibility index (Phi) is 4.11. The van der Waals surface area contributed by atoms with Crippen LogP contribution in [-0.2, 0) is 16.0 Å². The average molecular weight is 313 g/mol. The minimum absolute atomic E-state index is 0.0134. The summed E-state index contributed by atoms with van der Waals surface area (Å²) in [4.78, 5) is 29.8. The zero-order valence-corrected chi connectivity index (χ0v) is 13.8. The molecule has 5 nitrogen and oxygen atoms in total. The Bertz CT molecular complexity index is 735. The second-order valence-electron chi connectivity index (χ2n) is 6.72. The molecule has 0 aliphatic carbocycles. The fourth-order valence-corrected chi connectivity index (χ4v) is 3.28. The number of carbonyl (C=O) groups is 2. The summed E-state index contributed by atoms with van der Waals surface area (Å²) in [6.45, 7) is 4.12. The molecule has 1 unspecified atom stereocenters. The zero-order chi connectivity index (χ0) is 16.6. The predicted molar refractivity (Wildman–Crippen MR) is 89.9 cm³/mol. The molecule has 0 radical (unpaired) electrons. The van der Waals surface area contributed by atoms with E-state index in [1.165, 1.54) is 0 Å². The first-order valence-corrected chi connectivity index (χ1v) is 8.09. The number of para-hydroxylation sites is 1. The molecule has 1 aliphatic rings. The second-order valence-corrected chi connectivity index (χ2v) is 6.72. The summed E-state index contributed by atoms with van der Waals surface area (Å²) in [5.74, 6) is 0.303. The molecule has 2 atom stereocenters. The molecule has 0 spiro atoms. The number of carbonyl (C=O) groups excluding carboxylic acids is 2. The topological polar surface area (TPSA) is 65.2 Å². The lowest BCUT2D eigenvalue weighted by Gasteiger charge is -2.37. The number of nitrogens with one attached hydrogen (secondary N) is 2. The Morgan fingerprint density at radius 1 is 1.22 bits per heavy atom. The van der Waals surface area contributed by atoms with Gasteiger partial charge in [0.2, 0.25) is 11.8 Å². The van der Waals surface area contributed by atoms with Crippen molar-refractivity contribution in [2.45, 2.75) is 38.8 Å². The zero-order valence-electron chi connectivity index (χ0n) is 13.8. The number of hydrogen-bond acceptors (Lipinski definition) is 2. The standard InChI is InChI=1S/C18H23N3O2/c1-11(2)8-16-17(22)20-15(18(23)21(16)3)9-12-10-19-14-7-5-4-6-13(12)14/h4-7,10-11,15-16,19H,8-9H2,1-3H3,(H,20,22)/t15?,16-/m1/s1. The van der Waals surface area contributed by atoms with E-state index in [0.717, 1.165) is 16.5 Å². The fourth-order valence-electron chi connectivity index (χ4n) is 3.28. The Labute approximate surface area is 136 Å². The SMILES string of the molecule is CC(C)C[C@@H]1C(=O)NC(Cc2c[nH]c3ccccc23)C(=O)N1C. The van der Waals surface area contributed by atoms with Gasteiger partial charge in [0.15, 0.2) is 0 Å². The molecule has 1 aromatic carbocycles. The van der Waals surface area contributed by atoms with Gasteiger partial charge >= 0.3 is 0 Å². The van der Waals surface area contributed by atoms with Crippen LogP contribution in [0.25, 0.3) is 10.9 Å². The molecule has 2 N–H and O–H groups in total. The minimum Gasteiger partial charge on any atom is -0.361 e. The fraction of sp³-hybridized carbons (Fsp3) is 0.444. The van der Waals surface area contributed by atoms with Crippen LogP contribution >= 0.6 is 0 Å². The number of amides is 2. The molecule has 1 fully saturated rings. The van der Waals surface area contributed by atoms with Gasteiger partial charge in [0, 0.05) is 30.6 Å². The molecule has 122 valence electrons. The van der Waals surface area contributed by atoms with E-state index in [9.17, 15) is 9.59 Å². The Hall–Kier alpha value is -2.30. The van der Waals surface area contributed by atoms with Gasteiger partial charge in [0.25, 0.3) is 0 Å². The van der Waals surface area contributed by atoms with Gasteiger partial charge in [-0.15, -0.1) is 0 Å². The first-order chi connectivity index (χ1) is 11.0. The van der Waals surface area contributed by atoms with E-state index in [-0.39, 0.29) is 17.9 Å². The predicted octanol–water partition coefficient (Wildman–Crippen LogP) is 2.08. The molecule has 2 heterocycles. The number of nitrogens with zero attached hydrogens (tertiary/aromatic N) is 1. The number of rotatable bonds is 4. The highest BCUT2D eigenvalue weighted by atomic mass is 16.2. The van der Waals surface area contributed by atoms with Gasteiger partial charge < -0.3 is 15.2 Å². The second kappa shape index (κ2) is 6.07. The van der Waals surface area contributed by atoms with Crippen LogP contribution in [0.15, 0.2) is 30.5 Å². The van der Waals surface area contributed by atoms with Crippen LogP contribution in [0.2, 0.25) is 0 Å². The van der Waals surface area contributed by atoms with Crippen molar-refractivity contribution in [3.05, 3.63) is 36.0 Å². The maximum Gasteiger partial charge on any atom is 0.245 e. The molecule has 1 saturated heterocycles. The third kappa shape index (κ3) is 2.96. The van der Waals surface area contributed by atoms with E-state index in [0.29, 0.717) is 18.8 Å². The largest absolute Gasteiger partial charge is 0.361 e. The number of fused-ring (bicyclic) bond motifs is 1. The van der Waals surface area contributed by atoms with Crippen molar-refractivity contribution in [2.75, 3.05) is 7.05 Å². The maximum absolute atomic E-state index is 12.6. The Balaban J connectivity index is 1.79. The third-order valence-electron chi connectivity index (χ3n) is 4.53. The van der Waals surface area contributed by atoms with Crippen molar-refractivity contribution in [2.24, 2.45) is 5.92 Å². The van der Waals surface area contributed by atoms with Crippen molar-refractivity contribution in [1.82, 2.24) is 15.2 Å². The molecule has 23 heavy (non-hydrogen) atoms. The molecule has 2 amide bonds. The summed E-state index contributed by atoms with van der Waals surface area (Å²) in [5, 5.41) is 4.01. The van der Waals surface area contributed by atoms with E-state index in [1.807, 2.05) is 30.5 Å². The number of aromatic amines is 1. The lowest BCUT2D eigenvalue weighted by Crippen LogP contribution is -2.62. The number of likely N-dealkylation sites (N-methyl/N-ethyl adjacent to an activating group) is 1. The summed E-state index contributed by atoms with van der Waals surface area (Å²) < 4.78 is 0.